The maximum Gasteiger partial charge on any atom is 0.312 e. The van der Waals surface area contributed by atoms with Crippen LogP contribution in [-0.2, 0) is 18.8 Å². The summed E-state index contributed by atoms with van der Waals surface area (Å²) >= 11 is 0. The molecule has 0 aliphatic carbocycles. The molecule has 0 radical (unpaired) electrons. The normalized spacial score (nSPS) is 21.9. The predicted molar refractivity (Wildman–Crippen MR) is 75.0 cm³/mol. The van der Waals surface area contributed by atoms with Crippen molar-refractivity contribution in [3.05, 3.63) is 12.7 Å². The van der Waals surface area contributed by atoms with E-state index < -0.39 is 14.2 Å². The molecule has 0 saturated carbocycles. The molecule has 1 aliphatic heterocycles. The van der Waals surface area contributed by atoms with Crippen molar-refractivity contribution in [1.82, 2.24) is 5.32 Å². The minimum absolute atomic E-state index is 0.105. The Morgan fingerprint density at radius 1 is 1.58 bits per heavy atom. The van der Waals surface area contributed by atoms with Crippen LogP contribution in [0.5, 0.6) is 0 Å². The van der Waals surface area contributed by atoms with Gasteiger partial charge in [0.25, 0.3) is 0 Å². The summed E-state index contributed by atoms with van der Waals surface area (Å²) in [6.45, 7) is 12.2. The summed E-state index contributed by atoms with van der Waals surface area (Å²) in [4.78, 5) is 23.6. The molecule has 1 rings (SSSR count). The Morgan fingerprint density at radius 2 is 2.21 bits per heavy atom. The van der Waals surface area contributed by atoms with E-state index in [4.69, 9.17) is 9.16 Å². The topological polar surface area (TPSA) is 64.6 Å². The lowest BCUT2D eigenvalue weighted by atomic mass is 9.83. The summed E-state index contributed by atoms with van der Waals surface area (Å²) in [5.41, 5.74) is 0. The van der Waals surface area contributed by atoms with Crippen molar-refractivity contribution < 1.29 is 18.8 Å². The number of hydrogen-bond acceptors (Lipinski definition) is 4. The zero-order valence-corrected chi connectivity index (χ0v) is 13.1. The number of ether oxygens (including phenoxy) is 1. The van der Waals surface area contributed by atoms with Gasteiger partial charge in [-0.3, -0.25) is 9.59 Å². The molecular formula is C13H23NO4Si. The molecule has 0 aromatic heterocycles. The number of nitrogens with one attached hydrogen (secondary N) is 1. The third-order valence-corrected chi connectivity index (χ3v) is 4.01. The Kier molecular flexibility index (Phi) is 5.31. The molecule has 1 N–H and O–H groups in total. The molecule has 3 unspecified atom stereocenters. The molecule has 108 valence electrons. The lowest BCUT2D eigenvalue weighted by Gasteiger charge is -2.37. The van der Waals surface area contributed by atoms with E-state index in [9.17, 15) is 9.59 Å². The second-order valence-corrected chi connectivity index (χ2v) is 10.2. The van der Waals surface area contributed by atoms with Crippen LogP contribution in [0.2, 0.25) is 19.6 Å². The van der Waals surface area contributed by atoms with Crippen LogP contribution < -0.4 is 5.32 Å². The fraction of sp³-hybridized carbons (Fsp3) is 0.692. The van der Waals surface area contributed by atoms with Gasteiger partial charge < -0.3 is 14.5 Å². The highest BCUT2D eigenvalue weighted by Gasteiger charge is 2.44. The Hall–Kier alpha value is -1.14. The SMILES string of the molecule is C=CCOC(=O)C(C(C)O[Si](C)(C)C)C1CNC1=O. The average molecular weight is 285 g/mol. The lowest BCUT2D eigenvalue weighted by molar-refractivity contribution is -0.159. The highest BCUT2D eigenvalue weighted by Crippen LogP contribution is 2.26. The van der Waals surface area contributed by atoms with E-state index >= 15 is 0 Å². The molecule has 1 amide bonds. The maximum absolute atomic E-state index is 12.1. The number of carbonyl (C=O) groups is 2. The van der Waals surface area contributed by atoms with Crippen LogP contribution >= 0.6 is 0 Å². The fourth-order valence-electron chi connectivity index (χ4n) is 2.14. The van der Waals surface area contributed by atoms with Gasteiger partial charge in [0.2, 0.25) is 5.91 Å². The van der Waals surface area contributed by atoms with Gasteiger partial charge in [0.05, 0.1) is 17.9 Å². The van der Waals surface area contributed by atoms with Crippen molar-refractivity contribution in [1.29, 1.82) is 0 Å². The molecule has 1 saturated heterocycles. The summed E-state index contributed by atoms with van der Waals surface area (Å²) in [7, 11) is -1.78. The predicted octanol–water partition coefficient (Wildman–Crippen LogP) is 1.32. The monoisotopic (exact) mass is 285 g/mol. The van der Waals surface area contributed by atoms with Gasteiger partial charge in [-0.1, -0.05) is 12.7 Å². The van der Waals surface area contributed by atoms with Gasteiger partial charge in [-0.25, -0.2) is 0 Å². The third kappa shape index (κ3) is 4.47. The quantitative estimate of drug-likeness (QED) is 0.332. The number of hydrogen-bond donors (Lipinski definition) is 1. The summed E-state index contributed by atoms with van der Waals surface area (Å²) in [6, 6.07) is 0. The minimum atomic E-state index is -1.78. The summed E-state index contributed by atoms with van der Waals surface area (Å²) in [6.07, 6.45) is 1.19. The standard InChI is InChI=1S/C13H23NO4Si/c1-6-7-17-13(16)11(10-8-14-12(10)15)9(2)18-19(3,4)5/h6,9-11H,1,7-8H2,2-5H3,(H,14,15). The molecule has 6 heteroatoms. The molecule has 5 nitrogen and oxygen atoms in total. The molecule has 1 aliphatic rings. The summed E-state index contributed by atoms with van der Waals surface area (Å²) < 4.78 is 11.0. The zero-order valence-electron chi connectivity index (χ0n) is 12.1. The minimum Gasteiger partial charge on any atom is -0.461 e. The van der Waals surface area contributed by atoms with Gasteiger partial charge in [0, 0.05) is 6.54 Å². The lowest BCUT2D eigenvalue weighted by Crippen LogP contribution is -2.57. The van der Waals surface area contributed by atoms with Gasteiger partial charge in [-0.05, 0) is 26.6 Å². The van der Waals surface area contributed by atoms with Crippen LogP contribution in [0.1, 0.15) is 6.92 Å². The molecule has 1 fully saturated rings. The largest absolute Gasteiger partial charge is 0.461 e. The Labute approximate surface area is 115 Å². The molecule has 0 spiro atoms. The first-order chi connectivity index (χ1) is 8.76. The molecule has 0 aromatic carbocycles. The number of carbonyl (C=O) groups excluding carboxylic acids is 2. The van der Waals surface area contributed by atoms with E-state index in [-0.39, 0.29) is 30.5 Å². The first kappa shape index (κ1) is 15.9. The summed E-state index contributed by atoms with van der Waals surface area (Å²) in [5, 5.41) is 2.66. The van der Waals surface area contributed by atoms with Crippen molar-refractivity contribution in [3.8, 4) is 0 Å². The van der Waals surface area contributed by atoms with Gasteiger partial charge in [0.15, 0.2) is 8.32 Å². The Bertz CT molecular complexity index is 364. The number of β-lactam (4-membered cyclic amide) rings is 1. The Balaban J connectivity index is 2.76. The second kappa shape index (κ2) is 6.34. The first-order valence-electron chi connectivity index (χ1n) is 6.49. The molecule has 19 heavy (non-hydrogen) atoms. The third-order valence-electron chi connectivity index (χ3n) is 2.93. The van der Waals surface area contributed by atoms with Gasteiger partial charge >= 0.3 is 5.97 Å². The fourth-order valence-corrected chi connectivity index (χ4v) is 3.41. The highest BCUT2D eigenvalue weighted by molar-refractivity contribution is 6.69. The van der Waals surface area contributed by atoms with Crippen molar-refractivity contribution in [2.75, 3.05) is 13.2 Å². The van der Waals surface area contributed by atoms with E-state index in [1.807, 2.05) is 6.92 Å². The smallest absolute Gasteiger partial charge is 0.312 e. The molecule has 3 atom stereocenters. The van der Waals surface area contributed by atoms with Gasteiger partial charge in [-0.15, -0.1) is 0 Å². The molecule has 1 heterocycles. The van der Waals surface area contributed by atoms with Crippen molar-refractivity contribution >= 4 is 20.2 Å². The van der Waals surface area contributed by atoms with Crippen LogP contribution in [0.25, 0.3) is 0 Å². The molecule has 0 bridgehead atoms. The zero-order chi connectivity index (χ0) is 14.6. The van der Waals surface area contributed by atoms with Gasteiger partial charge in [-0.2, -0.15) is 0 Å². The number of amides is 1. The van der Waals surface area contributed by atoms with Gasteiger partial charge in [0.1, 0.15) is 6.61 Å². The maximum atomic E-state index is 12.1. The van der Waals surface area contributed by atoms with E-state index in [1.165, 1.54) is 6.08 Å². The first-order valence-corrected chi connectivity index (χ1v) is 9.90. The average Bonchev–Trinajstić information content (AvgIpc) is 2.28. The van der Waals surface area contributed by atoms with E-state index in [1.54, 1.807) is 0 Å². The van der Waals surface area contributed by atoms with Crippen molar-refractivity contribution in [3.63, 3.8) is 0 Å². The van der Waals surface area contributed by atoms with Crippen molar-refractivity contribution in [2.24, 2.45) is 11.8 Å². The van der Waals surface area contributed by atoms with E-state index in [0.717, 1.165) is 0 Å². The summed E-state index contributed by atoms with van der Waals surface area (Å²) in [5.74, 6) is -1.37. The number of esters is 1. The van der Waals surface area contributed by atoms with Crippen molar-refractivity contribution in [2.45, 2.75) is 32.7 Å². The van der Waals surface area contributed by atoms with Crippen LogP contribution in [0.3, 0.4) is 0 Å². The van der Waals surface area contributed by atoms with E-state index in [0.29, 0.717) is 6.54 Å². The second-order valence-electron chi connectivity index (χ2n) is 5.73. The van der Waals surface area contributed by atoms with Crippen LogP contribution in [0, 0.1) is 11.8 Å². The van der Waals surface area contributed by atoms with Crippen LogP contribution in [0.4, 0.5) is 0 Å². The van der Waals surface area contributed by atoms with Crippen LogP contribution in [0.15, 0.2) is 12.7 Å². The molecular weight excluding hydrogens is 262 g/mol. The number of rotatable bonds is 7. The highest BCUT2D eigenvalue weighted by atomic mass is 28.4. The van der Waals surface area contributed by atoms with Crippen LogP contribution in [-0.4, -0.2) is 39.4 Å². The van der Waals surface area contributed by atoms with E-state index in [2.05, 4.69) is 31.5 Å². The molecule has 0 aromatic rings. The Morgan fingerprint density at radius 3 is 2.58 bits per heavy atom.